The van der Waals surface area contributed by atoms with Crippen molar-refractivity contribution in [3.8, 4) is 11.5 Å². The molecule has 0 radical (unpaired) electrons. The molecule has 3 aromatic carbocycles. The minimum atomic E-state index is -0.212. The standard InChI is InChI=1S/C25H26N2O4/c1-2-26-25(28)19-31-27-16-22-13-14-23(29-17-20-9-5-3-6-10-20)24(15-22)30-18-21-11-7-4-8-12-21/h3-16H,2,17-19H2,1H3,(H,26,28)/b27-16+. The van der Waals surface area contributed by atoms with E-state index in [4.69, 9.17) is 14.3 Å². The van der Waals surface area contributed by atoms with Gasteiger partial charge in [-0.3, -0.25) is 4.79 Å². The Bertz CT molecular complexity index is 975. The first-order valence-corrected chi connectivity index (χ1v) is 10.1. The second-order valence-corrected chi connectivity index (χ2v) is 6.72. The van der Waals surface area contributed by atoms with Crippen LogP contribution in [0.3, 0.4) is 0 Å². The van der Waals surface area contributed by atoms with Crippen molar-refractivity contribution in [3.63, 3.8) is 0 Å². The molecule has 0 bridgehead atoms. The Balaban J connectivity index is 1.68. The van der Waals surface area contributed by atoms with E-state index < -0.39 is 0 Å². The molecule has 0 aliphatic heterocycles. The summed E-state index contributed by atoms with van der Waals surface area (Å²) in [5.41, 5.74) is 2.90. The third-order valence-electron chi connectivity index (χ3n) is 4.29. The number of hydrogen-bond donors (Lipinski definition) is 1. The highest BCUT2D eigenvalue weighted by Gasteiger charge is 2.08. The zero-order valence-electron chi connectivity index (χ0n) is 17.5. The summed E-state index contributed by atoms with van der Waals surface area (Å²) in [6.45, 7) is 3.13. The maximum atomic E-state index is 11.4. The first-order chi connectivity index (χ1) is 15.2. The molecule has 0 aliphatic rings. The summed E-state index contributed by atoms with van der Waals surface area (Å²) in [5.74, 6) is 1.03. The van der Waals surface area contributed by atoms with Crippen LogP contribution < -0.4 is 14.8 Å². The van der Waals surface area contributed by atoms with Crippen LogP contribution in [0.5, 0.6) is 11.5 Å². The van der Waals surface area contributed by atoms with Gasteiger partial charge in [0.15, 0.2) is 18.1 Å². The van der Waals surface area contributed by atoms with Crippen molar-refractivity contribution in [2.45, 2.75) is 20.1 Å². The molecular weight excluding hydrogens is 392 g/mol. The van der Waals surface area contributed by atoms with E-state index in [1.54, 1.807) is 0 Å². The Morgan fingerprint density at radius 3 is 2.10 bits per heavy atom. The lowest BCUT2D eigenvalue weighted by Crippen LogP contribution is -2.26. The summed E-state index contributed by atoms with van der Waals surface area (Å²) in [7, 11) is 0. The Kier molecular flexibility index (Phi) is 8.49. The van der Waals surface area contributed by atoms with Gasteiger partial charge in [-0.25, -0.2) is 0 Å². The average Bonchev–Trinajstić information content (AvgIpc) is 2.81. The fraction of sp³-hybridized carbons (Fsp3) is 0.200. The van der Waals surface area contributed by atoms with E-state index in [1.807, 2.05) is 85.8 Å². The van der Waals surface area contributed by atoms with Gasteiger partial charge in [0.05, 0.1) is 6.21 Å². The van der Waals surface area contributed by atoms with Gasteiger partial charge in [0.25, 0.3) is 5.91 Å². The van der Waals surface area contributed by atoms with E-state index in [0.717, 1.165) is 16.7 Å². The Morgan fingerprint density at radius 2 is 1.48 bits per heavy atom. The summed E-state index contributed by atoms with van der Waals surface area (Å²) in [6, 6.07) is 25.4. The Hall–Kier alpha value is -3.80. The van der Waals surface area contributed by atoms with E-state index in [1.165, 1.54) is 6.21 Å². The number of benzene rings is 3. The van der Waals surface area contributed by atoms with E-state index in [9.17, 15) is 4.79 Å². The minimum absolute atomic E-state index is 0.125. The summed E-state index contributed by atoms with van der Waals surface area (Å²) in [6.07, 6.45) is 1.54. The molecule has 0 aromatic heterocycles. The molecule has 0 aliphatic carbocycles. The van der Waals surface area contributed by atoms with Crippen LogP contribution in [-0.2, 0) is 22.8 Å². The number of rotatable bonds is 11. The largest absolute Gasteiger partial charge is 0.485 e. The van der Waals surface area contributed by atoms with Crippen molar-refractivity contribution in [2.24, 2.45) is 5.16 Å². The third-order valence-corrected chi connectivity index (χ3v) is 4.29. The van der Waals surface area contributed by atoms with Gasteiger partial charge in [-0.05, 0) is 36.2 Å². The van der Waals surface area contributed by atoms with Crippen LogP contribution in [0.1, 0.15) is 23.6 Å². The number of nitrogens with one attached hydrogen (secondary N) is 1. The minimum Gasteiger partial charge on any atom is -0.485 e. The molecule has 0 saturated carbocycles. The second kappa shape index (κ2) is 12.0. The van der Waals surface area contributed by atoms with Crippen LogP contribution in [0.15, 0.2) is 84.0 Å². The smallest absolute Gasteiger partial charge is 0.260 e. The van der Waals surface area contributed by atoms with Crippen LogP contribution in [0.2, 0.25) is 0 Å². The van der Waals surface area contributed by atoms with Crippen LogP contribution in [0.4, 0.5) is 0 Å². The maximum absolute atomic E-state index is 11.4. The van der Waals surface area contributed by atoms with Gasteiger partial charge < -0.3 is 19.6 Å². The number of nitrogens with zero attached hydrogens (tertiary/aromatic N) is 1. The SMILES string of the molecule is CCNC(=O)CO/N=C/c1ccc(OCc2ccccc2)c(OCc2ccccc2)c1. The molecular formula is C25H26N2O4. The average molecular weight is 418 g/mol. The van der Waals surface area contributed by atoms with E-state index in [0.29, 0.717) is 31.3 Å². The molecule has 0 saturated heterocycles. The van der Waals surface area contributed by atoms with Crippen LogP contribution >= 0.6 is 0 Å². The normalized spacial score (nSPS) is 10.6. The molecule has 0 fully saturated rings. The van der Waals surface area contributed by atoms with Crippen molar-refractivity contribution in [1.82, 2.24) is 5.32 Å². The first-order valence-electron chi connectivity index (χ1n) is 10.1. The zero-order valence-corrected chi connectivity index (χ0v) is 17.5. The summed E-state index contributed by atoms with van der Waals surface area (Å²) in [5, 5.41) is 6.51. The Labute approximate surface area is 182 Å². The second-order valence-electron chi connectivity index (χ2n) is 6.72. The highest BCUT2D eigenvalue weighted by Crippen LogP contribution is 2.29. The fourth-order valence-corrected chi connectivity index (χ4v) is 2.75. The maximum Gasteiger partial charge on any atom is 0.260 e. The van der Waals surface area contributed by atoms with Crippen molar-refractivity contribution >= 4 is 12.1 Å². The Morgan fingerprint density at radius 1 is 0.871 bits per heavy atom. The van der Waals surface area contributed by atoms with Crippen LogP contribution in [0, 0.1) is 0 Å². The zero-order chi connectivity index (χ0) is 21.7. The lowest BCUT2D eigenvalue weighted by molar-refractivity contribution is -0.125. The number of carbonyl (C=O) groups excluding carboxylic acids is 1. The molecule has 0 heterocycles. The molecule has 3 aromatic rings. The van der Waals surface area contributed by atoms with Gasteiger partial charge >= 0.3 is 0 Å². The molecule has 160 valence electrons. The molecule has 31 heavy (non-hydrogen) atoms. The molecule has 1 N–H and O–H groups in total. The van der Waals surface area contributed by atoms with Gasteiger partial charge in [0.1, 0.15) is 13.2 Å². The molecule has 6 heteroatoms. The van der Waals surface area contributed by atoms with Gasteiger partial charge in [0, 0.05) is 12.1 Å². The van der Waals surface area contributed by atoms with E-state index in [-0.39, 0.29) is 12.5 Å². The van der Waals surface area contributed by atoms with Gasteiger partial charge in [-0.2, -0.15) is 0 Å². The van der Waals surface area contributed by atoms with Crippen molar-refractivity contribution in [1.29, 1.82) is 0 Å². The summed E-state index contributed by atoms with van der Waals surface area (Å²) < 4.78 is 12.0. The van der Waals surface area contributed by atoms with E-state index in [2.05, 4.69) is 10.5 Å². The lowest BCUT2D eigenvalue weighted by atomic mass is 10.2. The number of likely N-dealkylation sites (N-methyl/N-ethyl adjacent to an activating group) is 1. The molecule has 6 nitrogen and oxygen atoms in total. The lowest BCUT2D eigenvalue weighted by Gasteiger charge is -2.14. The molecule has 1 amide bonds. The first kappa shape index (κ1) is 21.9. The topological polar surface area (TPSA) is 69.2 Å². The van der Waals surface area contributed by atoms with Gasteiger partial charge in [0.2, 0.25) is 0 Å². The van der Waals surface area contributed by atoms with Crippen molar-refractivity contribution in [2.75, 3.05) is 13.2 Å². The number of amides is 1. The third kappa shape index (κ3) is 7.51. The molecule has 0 spiro atoms. The number of carbonyl (C=O) groups is 1. The molecule has 0 atom stereocenters. The predicted molar refractivity (Wildman–Crippen MR) is 120 cm³/mol. The number of ether oxygens (including phenoxy) is 2. The molecule has 3 rings (SSSR count). The quantitative estimate of drug-likeness (QED) is 0.372. The monoisotopic (exact) mass is 418 g/mol. The highest BCUT2D eigenvalue weighted by molar-refractivity contribution is 5.81. The van der Waals surface area contributed by atoms with Crippen LogP contribution in [0.25, 0.3) is 0 Å². The summed E-state index contributed by atoms with van der Waals surface area (Å²) >= 11 is 0. The summed E-state index contributed by atoms with van der Waals surface area (Å²) in [4.78, 5) is 16.5. The highest BCUT2D eigenvalue weighted by atomic mass is 16.6. The predicted octanol–water partition coefficient (Wildman–Crippen LogP) is 4.33. The number of oxime groups is 1. The van der Waals surface area contributed by atoms with Crippen molar-refractivity contribution < 1.29 is 19.1 Å². The molecule has 0 unspecified atom stereocenters. The van der Waals surface area contributed by atoms with E-state index >= 15 is 0 Å². The van der Waals surface area contributed by atoms with Gasteiger partial charge in [-0.15, -0.1) is 0 Å². The van der Waals surface area contributed by atoms with Crippen LogP contribution in [-0.4, -0.2) is 25.3 Å². The fourth-order valence-electron chi connectivity index (χ4n) is 2.75. The van der Waals surface area contributed by atoms with Crippen molar-refractivity contribution in [3.05, 3.63) is 95.6 Å². The van der Waals surface area contributed by atoms with Gasteiger partial charge in [-0.1, -0.05) is 65.8 Å². The number of hydrogen-bond acceptors (Lipinski definition) is 5.